The maximum atomic E-state index is 13.0. The summed E-state index contributed by atoms with van der Waals surface area (Å²) in [5.41, 5.74) is 3.18. The Morgan fingerprint density at radius 1 is 0.944 bits per heavy atom. The van der Waals surface area contributed by atoms with Gasteiger partial charge in [0.05, 0.1) is 7.11 Å². The van der Waals surface area contributed by atoms with E-state index in [2.05, 4.69) is 5.32 Å². The first-order valence-electron chi connectivity index (χ1n) is 11.7. The summed E-state index contributed by atoms with van der Waals surface area (Å²) in [6, 6.07) is 25.9. The number of nitrogens with zero attached hydrogens (tertiary/aromatic N) is 1. The van der Waals surface area contributed by atoms with Crippen molar-refractivity contribution in [1.29, 1.82) is 0 Å². The summed E-state index contributed by atoms with van der Waals surface area (Å²) in [7, 11) is 1.59. The molecule has 1 aromatic heterocycles. The molecule has 36 heavy (non-hydrogen) atoms. The van der Waals surface area contributed by atoms with Crippen LogP contribution in [0.2, 0.25) is 0 Å². The summed E-state index contributed by atoms with van der Waals surface area (Å²) in [6.45, 7) is 1.01. The Balaban J connectivity index is 1.21. The van der Waals surface area contributed by atoms with Crippen LogP contribution in [0.5, 0.6) is 11.5 Å². The van der Waals surface area contributed by atoms with Crippen LogP contribution in [-0.4, -0.2) is 37.0 Å². The minimum absolute atomic E-state index is 0.0290. The second kappa shape index (κ2) is 10.4. The number of carbonyl (C=O) groups is 2. The molecule has 1 aliphatic rings. The molecule has 0 saturated heterocycles. The topological polar surface area (TPSA) is 81.0 Å². The van der Waals surface area contributed by atoms with Gasteiger partial charge in [-0.25, -0.2) is 0 Å². The number of amides is 2. The summed E-state index contributed by atoms with van der Waals surface area (Å²) >= 11 is 0. The molecule has 0 unspecified atom stereocenters. The number of hydrogen-bond donors (Lipinski definition) is 1. The Morgan fingerprint density at radius 2 is 1.72 bits per heavy atom. The smallest absolute Gasteiger partial charge is 0.262 e. The van der Waals surface area contributed by atoms with Gasteiger partial charge in [0.15, 0.2) is 6.61 Å². The monoisotopic (exact) mass is 482 g/mol. The molecular weight excluding hydrogens is 456 g/mol. The highest BCUT2D eigenvalue weighted by molar-refractivity contribution is 5.95. The first-order valence-corrected chi connectivity index (χ1v) is 11.7. The third kappa shape index (κ3) is 5.25. The van der Waals surface area contributed by atoms with E-state index in [4.69, 9.17) is 13.9 Å². The van der Waals surface area contributed by atoms with Gasteiger partial charge in [0.25, 0.3) is 11.8 Å². The molecule has 3 aromatic carbocycles. The maximum absolute atomic E-state index is 13.0. The van der Waals surface area contributed by atoms with Crippen molar-refractivity contribution in [3.63, 3.8) is 0 Å². The average molecular weight is 483 g/mol. The molecule has 182 valence electrons. The van der Waals surface area contributed by atoms with Crippen molar-refractivity contribution in [2.75, 3.05) is 25.6 Å². The van der Waals surface area contributed by atoms with Crippen LogP contribution >= 0.6 is 0 Å². The number of benzene rings is 3. The minimum atomic E-state index is -0.235. The van der Waals surface area contributed by atoms with E-state index in [9.17, 15) is 9.59 Å². The number of methoxy groups -OCH3 is 1. The molecule has 0 saturated carbocycles. The summed E-state index contributed by atoms with van der Waals surface area (Å²) < 4.78 is 16.8. The molecule has 0 spiro atoms. The molecule has 4 aromatic rings. The molecule has 1 N–H and O–H groups in total. The fraction of sp³-hybridized carbons (Fsp3) is 0.172. The van der Waals surface area contributed by atoms with E-state index >= 15 is 0 Å². The van der Waals surface area contributed by atoms with Gasteiger partial charge >= 0.3 is 0 Å². The fourth-order valence-electron chi connectivity index (χ4n) is 4.17. The van der Waals surface area contributed by atoms with E-state index in [-0.39, 0.29) is 18.4 Å². The second-order valence-corrected chi connectivity index (χ2v) is 8.49. The molecule has 5 rings (SSSR count). The average Bonchev–Trinajstić information content (AvgIpc) is 3.36. The Morgan fingerprint density at radius 3 is 2.50 bits per heavy atom. The highest BCUT2D eigenvalue weighted by Crippen LogP contribution is 2.31. The largest absolute Gasteiger partial charge is 0.497 e. The number of nitrogens with one attached hydrogen (secondary N) is 1. The van der Waals surface area contributed by atoms with E-state index in [1.807, 2.05) is 65.6 Å². The Labute approximate surface area is 209 Å². The Hall–Kier alpha value is -4.52. The van der Waals surface area contributed by atoms with Crippen LogP contribution in [0.15, 0.2) is 89.3 Å². The standard InChI is InChI=1S/C29H26N2O5/c1-34-25-9-5-6-21(16-25)29(33)31-15-14-26-22(18-31)17-27(36-26)20-10-12-23(13-11-20)30-28(32)19-35-24-7-3-2-4-8-24/h2-13,16-17H,14-15,18-19H2,1H3,(H,30,32). The lowest BCUT2D eigenvalue weighted by atomic mass is 10.1. The quantitative estimate of drug-likeness (QED) is 0.393. The molecule has 0 atom stereocenters. The van der Waals surface area contributed by atoms with Crippen LogP contribution in [0.3, 0.4) is 0 Å². The summed E-state index contributed by atoms with van der Waals surface area (Å²) in [4.78, 5) is 27.0. The predicted molar refractivity (Wildman–Crippen MR) is 136 cm³/mol. The summed E-state index contributed by atoms with van der Waals surface area (Å²) in [5, 5.41) is 2.83. The van der Waals surface area contributed by atoms with Gasteiger partial charge in [-0.05, 0) is 60.7 Å². The lowest BCUT2D eigenvalue weighted by Crippen LogP contribution is -2.35. The highest BCUT2D eigenvalue weighted by atomic mass is 16.5. The van der Waals surface area contributed by atoms with E-state index in [0.29, 0.717) is 42.3 Å². The van der Waals surface area contributed by atoms with Crippen LogP contribution in [0, 0.1) is 0 Å². The van der Waals surface area contributed by atoms with Gasteiger partial charge < -0.3 is 24.1 Å². The zero-order valence-corrected chi connectivity index (χ0v) is 19.9. The van der Waals surface area contributed by atoms with Crippen molar-refractivity contribution in [3.8, 4) is 22.8 Å². The SMILES string of the molecule is COc1cccc(C(=O)N2CCc3oc(-c4ccc(NC(=O)COc5ccccc5)cc4)cc3C2)c1. The molecule has 7 heteroatoms. The predicted octanol–water partition coefficient (Wildman–Crippen LogP) is 5.17. The number of anilines is 1. The lowest BCUT2D eigenvalue weighted by Gasteiger charge is -2.26. The maximum Gasteiger partial charge on any atom is 0.262 e. The van der Waals surface area contributed by atoms with Crippen molar-refractivity contribution >= 4 is 17.5 Å². The first kappa shape index (κ1) is 23.2. The van der Waals surface area contributed by atoms with Crippen LogP contribution in [-0.2, 0) is 17.8 Å². The third-order valence-electron chi connectivity index (χ3n) is 6.04. The van der Waals surface area contributed by atoms with E-state index in [0.717, 1.165) is 22.6 Å². The Bertz CT molecular complexity index is 1360. The molecule has 1 aliphatic heterocycles. The van der Waals surface area contributed by atoms with Crippen LogP contribution in [0.25, 0.3) is 11.3 Å². The van der Waals surface area contributed by atoms with E-state index in [1.165, 1.54) is 0 Å². The van der Waals surface area contributed by atoms with Crippen molar-refractivity contribution in [2.24, 2.45) is 0 Å². The van der Waals surface area contributed by atoms with Crippen molar-refractivity contribution in [3.05, 3.63) is 102 Å². The molecule has 0 radical (unpaired) electrons. The van der Waals surface area contributed by atoms with Gasteiger partial charge in [0.2, 0.25) is 0 Å². The molecule has 7 nitrogen and oxygen atoms in total. The molecular formula is C29H26N2O5. The molecule has 0 bridgehead atoms. The van der Waals surface area contributed by atoms with Gasteiger partial charge in [-0.15, -0.1) is 0 Å². The summed E-state index contributed by atoms with van der Waals surface area (Å²) in [5.74, 6) is 2.68. The molecule has 0 aliphatic carbocycles. The fourth-order valence-corrected chi connectivity index (χ4v) is 4.17. The molecule has 0 fully saturated rings. The van der Waals surface area contributed by atoms with Crippen molar-refractivity contribution < 1.29 is 23.5 Å². The zero-order valence-electron chi connectivity index (χ0n) is 19.9. The number of ether oxygens (including phenoxy) is 2. The number of furan rings is 1. The Kier molecular flexibility index (Phi) is 6.71. The van der Waals surface area contributed by atoms with Gasteiger partial charge in [0.1, 0.15) is 23.0 Å². The number of carbonyl (C=O) groups excluding carboxylic acids is 2. The zero-order chi connectivity index (χ0) is 24.9. The number of fused-ring (bicyclic) bond motifs is 1. The van der Waals surface area contributed by atoms with Gasteiger partial charge in [-0.1, -0.05) is 24.3 Å². The number of para-hydroxylation sites is 1. The number of rotatable bonds is 7. The van der Waals surface area contributed by atoms with Crippen LogP contribution in [0.4, 0.5) is 5.69 Å². The van der Waals surface area contributed by atoms with Crippen molar-refractivity contribution in [1.82, 2.24) is 4.90 Å². The van der Waals surface area contributed by atoms with Gasteiger partial charge in [-0.3, -0.25) is 9.59 Å². The van der Waals surface area contributed by atoms with E-state index < -0.39 is 0 Å². The first-order chi connectivity index (χ1) is 17.6. The highest BCUT2D eigenvalue weighted by Gasteiger charge is 2.25. The molecule has 2 amide bonds. The van der Waals surface area contributed by atoms with Gasteiger partial charge in [0, 0.05) is 41.9 Å². The summed E-state index contributed by atoms with van der Waals surface area (Å²) in [6.07, 6.45) is 0.653. The molecule has 2 heterocycles. The minimum Gasteiger partial charge on any atom is -0.497 e. The number of hydrogen-bond acceptors (Lipinski definition) is 5. The second-order valence-electron chi connectivity index (χ2n) is 8.49. The van der Waals surface area contributed by atoms with Crippen LogP contribution in [0.1, 0.15) is 21.7 Å². The van der Waals surface area contributed by atoms with Gasteiger partial charge in [-0.2, -0.15) is 0 Å². The van der Waals surface area contributed by atoms with Crippen molar-refractivity contribution in [2.45, 2.75) is 13.0 Å². The van der Waals surface area contributed by atoms with E-state index in [1.54, 1.807) is 31.4 Å². The third-order valence-corrected chi connectivity index (χ3v) is 6.04. The van der Waals surface area contributed by atoms with Crippen LogP contribution < -0.4 is 14.8 Å². The lowest BCUT2D eigenvalue weighted by molar-refractivity contribution is -0.118. The normalized spacial score (nSPS) is 12.5.